The van der Waals surface area contributed by atoms with Gasteiger partial charge in [0, 0.05) is 11.3 Å². The van der Waals surface area contributed by atoms with Gasteiger partial charge >= 0.3 is 0 Å². The average Bonchev–Trinajstić information content (AvgIpc) is 2.60. The normalized spacial score (nSPS) is 16.0. The summed E-state index contributed by atoms with van der Waals surface area (Å²) in [4.78, 5) is 12.3. The van der Waals surface area contributed by atoms with Crippen molar-refractivity contribution in [2.75, 3.05) is 26.6 Å². The van der Waals surface area contributed by atoms with Crippen LogP contribution >= 0.6 is 0 Å². The van der Waals surface area contributed by atoms with Crippen LogP contribution in [-0.2, 0) is 0 Å². The molecule has 0 radical (unpaired) electrons. The van der Waals surface area contributed by atoms with Gasteiger partial charge in [0.2, 0.25) is 5.75 Å². The number of nitrogens with one attached hydrogen (secondary N) is 2. The van der Waals surface area contributed by atoms with E-state index in [1.807, 2.05) is 30.3 Å². The Morgan fingerprint density at radius 1 is 0.913 bits per heavy atom. The molecule has 0 fully saturated rings. The third kappa shape index (κ3) is 2.63. The van der Waals surface area contributed by atoms with Crippen LogP contribution in [0.25, 0.3) is 0 Å². The third-order valence-electron chi connectivity index (χ3n) is 3.77. The fourth-order valence-electron chi connectivity index (χ4n) is 2.64. The maximum Gasteiger partial charge on any atom is 0.255 e. The quantitative estimate of drug-likeness (QED) is 0.908. The number of rotatable bonds is 4. The summed E-state index contributed by atoms with van der Waals surface area (Å²) in [6.45, 7) is 0. The fourth-order valence-corrected chi connectivity index (χ4v) is 2.64. The van der Waals surface area contributed by atoms with Gasteiger partial charge in [-0.25, -0.2) is 0 Å². The summed E-state index contributed by atoms with van der Waals surface area (Å²) in [5.41, 5.74) is 2.22. The number of methoxy groups -OCH3 is 3. The molecule has 0 spiro atoms. The summed E-state index contributed by atoms with van der Waals surface area (Å²) in [6, 6.07) is 11.0. The minimum Gasteiger partial charge on any atom is -0.493 e. The Kier molecular flexibility index (Phi) is 3.97. The standard InChI is InChI=1S/C17H18N2O4/c1-21-13-8-10(9-14(22-2)15(13)23-3)16-18-12-7-5-4-6-11(12)17(20)19-16/h4-9,16,18H,1-3H3,(H,19,20). The predicted molar refractivity (Wildman–Crippen MR) is 86.4 cm³/mol. The summed E-state index contributed by atoms with van der Waals surface area (Å²) in [7, 11) is 4.67. The second-order valence-electron chi connectivity index (χ2n) is 5.06. The number of hydrogen-bond acceptors (Lipinski definition) is 5. The summed E-state index contributed by atoms with van der Waals surface area (Å²) >= 11 is 0. The largest absolute Gasteiger partial charge is 0.493 e. The zero-order chi connectivity index (χ0) is 16.4. The smallest absolute Gasteiger partial charge is 0.255 e. The van der Waals surface area contributed by atoms with Gasteiger partial charge in [-0.05, 0) is 24.3 Å². The van der Waals surface area contributed by atoms with E-state index in [1.165, 1.54) is 0 Å². The lowest BCUT2D eigenvalue weighted by molar-refractivity contribution is 0.0935. The van der Waals surface area contributed by atoms with Crippen molar-refractivity contribution in [3.05, 3.63) is 47.5 Å². The lowest BCUT2D eigenvalue weighted by Gasteiger charge is -2.28. The Morgan fingerprint density at radius 3 is 2.17 bits per heavy atom. The van der Waals surface area contributed by atoms with Gasteiger partial charge in [0.05, 0.1) is 26.9 Å². The number of benzene rings is 2. The van der Waals surface area contributed by atoms with Crippen LogP contribution in [0.3, 0.4) is 0 Å². The molecule has 6 heteroatoms. The lowest BCUT2D eigenvalue weighted by Crippen LogP contribution is -2.38. The molecule has 23 heavy (non-hydrogen) atoms. The topological polar surface area (TPSA) is 68.8 Å². The Balaban J connectivity index is 2.01. The second-order valence-corrected chi connectivity index (χ2v) is 5.06. The molecular weight excluding hydrogens is 296 g/mol. The van der Waals surface area contributed by atoms with Crippen molar-refractivity contribution in [2.45, 2.75) is 6.17 Å². The molecule has 6 nitrogen and oxygen atoms in total. The minimum absolute atomic E-state index is 0.127. The third-order valence-corrected chi connectivity index (χ3v) is 3.77. The Labute approximate surface area is 134 Å². The van der Waals surface area contributed by atoms with Gasteiger partial charge in [0.25, 0.3) is 5.91 Å². The van der Waals surface area contributed by atoms with Gasteiger partial charge in [-0.15, -0.1) is 0 Å². The number of hydrogen-bond donors (Lipinski definition) is 2. The Hall–Kier alpha value is -2.89. The summed E-state index contributed by atoms with van der Waals surface area (Å²) < 4.78 is 16.0. The first-order valence-corrected chi connectivity index (χ1v) is 7.14. The maximum atomic E-state index is 12.3. The van der Waals surface area contributed by atoms with Gasteiger partial charge in [-0.2, -0.15) is 0 Å². The molecule has 2 aromatic rings. The van der Waals surface area contributed by atoms with Gasteiger partial charge in [0.15, 0.2) is 11.5 Å². The number of fused-ring (bicyclic) bond motifs is 1. The van der Waals surface area contributed by atoms with Crippen LogP contribution in [0, 0.1) is 0 Å². The van der Waals surface area contributed by atoms with E-state index < -0.39 is 0 Å². The summed E-state index contributed by atoms with van der Waals surface area (Å²) in [5.74, 6) is 1.47. The van der Waals surface area contributed by atoms with Crippen LogP contribution in [0.1, 0.15) is 22.1 Å². The molecule has 1 aliphatic heterocycles. The molecule has 0 bridgehead atoms. The number of amides is 1. The van der Waals surface area contributed by atoms with Crippen LogP contribution < -0.4 is 24.8 Å². The zero-order valence-electron chi connectivity index (χ0n) is 13.2. The second kappa shape index (κ2) is 6.08. The first-order valence-electron chi connectivity index (χ1n) is 7.14. The van der Waals surface area contributed by atoms with E-state index in [2.05, 4.69) is 10.6 Å². The first kappa shape index (κ1) is 15.0. The molecule has 1 heterocycles. The van der Waals surface area contributed by atoms with Gasteiger partial charge in [0.1, 0.15) is 6.17 Å². The highest BCUT2D eigenvalue weighted by Crippen LogP contribution is 2.40. The SMILES string of the molecule is COc1cc(C2NC(=O)c3ccccc3N2)cc(OC)c1OC. The first-order chi connectivity index (χ1) is 11.2. The van der Waals surface area contributed by atoms with Gasteiger partial charge < -0.3 is 24.8 Å². The van der Waals surface area contributed by atoms with E-state index >= 15 is 0 Å². The van der Waals surface area contributed by atoms with E-state index in [1.54, 1.807) is 27.4 Å². The highest BCUT2D eigenvalue weighted by Gasteiger charge is 2.26. The number of carbonyl (C=O) groups is 1. The minimum atomic E-state index is -0.383. The molecular formula is C17H18N2O4. The number of para-hydroxylation sites is 1. The van der Waals surface area contributed by atoms with E-state index in [9.17, 15) is 4.79 Å². The monoisotopic (exact) mass is 314 g/mol. The van der Waals surface area contributed by atoms with Gasteiger partial charge in [-0.1, -0.05) is 12.1 Å². The van der Waals surface area contributed by atoms with Crippen molar-refractivity contribution >= 4 is 11.6 Å². The lowest BCUT2D eigenvalue weighted by atomic mass is 10.0. The Morgan fingerprint density at radius 2 is 1.57 bits per heavy atom. The fraction of sp³-hybridized carbons (Fsp3) is 0.235. The van der Waals surface area contributed by atoms with Crippen molar-refractivity contribution in [3.8, 4) is 17.2 Å². The molecule has 1 atom stereocenters. The highest BCUT2D eigenvalue weighted by atomic mass is 16.5. The molecule has 0 saturated heterocycles. The zero-order valence-corrected chi connectivity index (χ0v) is 13.2. The Bertz CT molecular complexity index is 720. The number of anilines is 1. The molecule has 1 aliphatic rings. The van der Waals surface area contributed by atoms with Crippen LogP contribution in [0.4, 0.5) is 5.69 Å². The van der Waals surface area contributed by atoms with Crippen LogP contribution in [0.5, 0.6) is 17.2 Å². The van der Waals surface area contributed by atoms with Crippen molar-refractivity contribution in [1.29, 1.82) is 0 Å². The molecule has 0 aliphatic carbocycles. The van der Waals surface area contributed by atoms with Crippen molar-refractivity contribution < 1.29 is 19.0 Å². The van der Waals surface area contributed by atoms with E-state index in [0.29, 0.717) is 22.8 Å². The van der Waals surface area contributed by atoms with E-state index in [-0.39, 0.29) is 12.1 Å². The van der Waals surface area contributed by atoms with Crippen molar-refractivity contribution in [2.24, 2.45) is 0 Å². The molecule has 2 N–H and O–H groups in total. The van der Waals surface area contributed by atoms with E-state index in [0.717, 1.165) is 11.3 Å². The van der Waals surface area contributed by atoms with Crippen molar-refractivity contribution in [3.63, 3.8) is 0 Å². The molecule has 0 aromatic heterocycles. The highest BCUT2D eigenvalue weighted by molar-refractivity contribution is 6.01. The van der Waals surface area contributed by atoms with Crippen LogP contribution in [-0.4, -0.2) is 27.2 Å². The van der Waals surface area contributed by atoms with E-state index in [4.69, 9.17) is 14.2 Å². The molecule has 120 valence electrons. The predicted octanol–water partition coefficient (Wildman–Crippen LogP) is 2.57. The maximum absolute atomic E-state index is 12.3. The summed E-state index contributed by atoms with van der Waals surface area (Å²) in [6.07, 6.45) is -0.383. The number of carbonyl (C=O) groups excluding carboxylic acids is 1. The molecule has 1 unspecified atom stereocenters. The van der Waals surface area contributed by atoms with Crippen molar-refractivity contribution in [1.82, 2.24) is 5.32 Å². The van der Waals surface area contributed by atoms with Gasteiger partial charge in [-0.3, -0.25) is 4.79 Å². The number of ether oxygens (including phenoxy) is 3. The van der Waals surface area contributed by atoms with Crippen LogP contribution in [0.15, 0.2) is 36.4 Å². The molecule has 2 aromatic carbocycles. The van der Waals surface area contributed by atoms with Crippen LogP contribution in [0.2, 0.25) is 0 Å². The molecule has 1 amide bonds. The average molecular weight is 314 g/mol. The summed E-state index contributed by atoms with van der Waals surface area (Å²) in [5, 5.41) is 6.23. The molecule has 0 saturated carbocycles. The molecule has 3 rings (SSSR count).